The lowest BCUT2D eigenvalue weighted by molar-refractivity contribution is 0.132. The molecule has 5 heteroatoms. The van der Waals surface area contributed by atoms with Crippen LogP contribution in [0.2, 0.25) is 0 Å². The van der Waals surface area contributed by atoms with Crippen molar-refractivity contribution in [1.29, 1.82) is 0 Å². The minimum Gasteiger partial charge on any atom is -0.373 e. The molecule has 138 valence electrons. The summed E-state index contributed by atoms with van der Waals surface area (Å²) >= 11 is 1.41. The standard InChI is InChI=1S/C20H30FN3S/c1-13-14(2)18(5-4-17(13)6-7-25-22)8-16-11-24(12-16)15(3)20-9-19(21)10-23-20/h4-5,16,19-20,23H,3,6-12,22H2,1-2H3. The number of hydrogen-bond acceptors (Lipinski definition) is 4. The van der Waals surface area contributed by atoms with Crippen LogP contribution >= 0.6 is 11.9 Å². The number of rotatable bonds is 7. The second-order valence-electron chi connectivity index (χ2n) is 7.51. The van der Waals surface area contributed by atoms with Crippen molar-refractivity contribution in [2.24, 2.45) is 11.1 Å². The van der Waals surface area contributed by atoms with Gasteiger partial charge >= 0.3 is 0 Å². The molecule has 25 heavy (non-hydrogen) atoms. The zero-order valence-electron chi connectivity index (χ0n) is 15.4. The van der Waals surface area contributed by atoms with Crippen molar-refractivity contribution in [3.05, 3.63) is 46.7 Å². The molecule has 3 nitrogen and oxygen atoms in total. The zero-order chi connectivity index (χ0) is 18.0. The predicted molar refractivity (Wildman–Crippen MR) is 105 cm³/mol. The van der Waals surface area contributed by atoms with Gasteiger partial charge in [-0.15, -0.1) is 0 Å². The van der Waals surface area contributed by atoms with Gasteiger partial charge in [0, 0.05) is 43.5 Å². The van der Waals surface area contributed by atoms with Gasteiger partial charge in [0.1, 0.15) is 6.17 Å². The molecule has 2 heterocycles. The van der Waals surface area contributed by atoms with Crippen molar-refractivity contribution in [2.75, 3.05) is 25.4 Å². The van der Waals surface area contributed by atoms with Crippen LogP contribution in [-0.4, -0.2) is 42.5 Å². The Morgan fingerprint density at radius 1 is 1.32 bits per heavy atom. The molecule has 0 amide bonds. The molecule has 2 atom stereocenters. The van der Waals surface area contributed by atoms with Gasteiger partial charge < -0.3 is 10.2 Å². The Kier molecular flexibility index (Phi) is 6.08. The molecule has 0 spiro atoms. The first-order valence-electron chi connectivity index (χ1n) is 9.20. The summed E-state index contributed by atoms with van der Waals surface area (Å²) in [6, 6.07) is 4.69. The normalized spacial score (nSPS) is 23.8. The van der Waals surface area contributed by atoms with Crippen molar-refractivity contribution in [1.82, 2.24) is 10.2 Å². The van der Waals surface area contributed by atoms with Gasteiger partial charge in [-0.3, -0.25) is 5.14 Å². The molecule has 2 fully saturated rings. The van der Waals surface area contributed by atoms with E-state index in [0.29, 0.717) is 18.9 Å². The van der Waals surface area contributed by atoms with Crippen LogP contribution in [0.15, 0.2) is 24.4 Å². The molecule has 0 aliphatic carbocycles. The minimum atomic E-state index is -0.722. The number of alkyl halides is 1. The Morgan fingerprint density at radius 2 is 2.00 bits per heavy atom. The summed E-state index contributed by atoms with van der Waals surface area (Å²) in [5.74, 6) is 1.64. The van der Waals surface area contributed by atoms with E-state index in [1.165, 1.54) is 34.2 Å². The predicted octanol–water partition coefficient (Wildman–Crippen LogP) is 3.14. The molecule has 2 aliphatic rings. The molecule has 2 aliphatic heterocycles. The fourth-order valence-electron chi connectivity index (χ4n) is 4.00. The van der Waals surface area contributed by atoms with Crippen LogP contribution < -0.4 is 10.5 Å². The minimum absolute atomic E-state index is 0.125. The Balaban J connectivity index is 1.53. The topological polar surface area (TPSA) is 41.3 Å². The summed E-state index contributed by atoms with van der Waals surface area (Å²) in [7, 11) is 0. The van der Waals surface area contributed by atoms with Crippen LogP contribution in [0.25, 0.3) is 0 Å². The SMILES string of the molecule is C=C(C1CC(F)CN1)N1CC(Cc2ccc(CCSN)c(C)c2C)C1. The van der Waals surface area contributed by atoms with Gasteiger partial charge in [0.25, 0.3) is 0 Å². The summed E-state index contributed by atoms with van der Waals surface area (Å²) in [4.78, 5) is 2.31. The Labute approximate surface area is 155 Å². The molecule has 2 saturated heterocycles. The summed E-state index contributed by atoms with van der Waals surface area (Å²) in [5.41, 5.74) is 6.78. The first kappa shape index (κ1) is 18.7. The maximum Gasteiger partial charge on any atom is 0.114 e. The van der Waals surface area contributed by atoms with E-state index in [0.717, 1.165) is 37.4 Å². The average Bonchev–Trinajstić information content (AvgIpc) is 2.99. The Bertz CT molecular complexity index is 628. The number of nitrogens with two attached hydrogens (primary N) is 1. The lowest BCUT2D eigenvalue weighted by Gasteiger charge is -2.44. The monoisotopic (exact) mass is 363 g/mol. The zero-order valence-corrected chi connectivity index (χ0v) is 16.2. The highest BCUT2D eigenvalue weighted by molar-refractivity contribution is 7.97. The molecule has 1 aromatic carbocycles. The lowest BCUT2D eigenvalue weighted by Crippen LogP contribution is -2.50. The summed E-state index contributed by atoms with van der Waals surface area (Å²) < 4.78 is 13.3. The molecule has 3 N–H and O–H groups in total. The van der Waals surface area contributed by atoms with Gasteiger partial charge in [0.2, 0.25) is 0 Å². The summed E-state index contributed by atoms with van der Waals surface area (Å²) in [6.07, 6.45) is 2.00. The van der Waals surface area contributed by atoms with Crippen molar-refractivity contribution < 1.29 is 4.39 Å². The van der Waals surface area contributed by atoms with E-state index in [9.17, 15) is 4.39 Å². The van der Waals surface area contributed by atoms with Crippen molar-refractivity contribution in [2.45, 2.75) is 45.3 Å². The number of benzene rings is 1. The molecule has 3 rings (SSSR count). The third kappa shape index (κ3) is 4.21. The maximum atomic E-state index is 13.3. The highest BCUT2D eigenvalue weighted by atomic mass is 32.2. The first-order chi connectivity index (χ1) is 12.0. The van der Waals surface area contributed by atoms with Crippen molar-refractivity contribution >= 4 is 11.9 Å². The van der Waals surface area contributed by atoms with Crippen LogP contribution in [0.1, 0.15) is 28.7 Å². The van der Waals surface area contributed by atoms with Gasteiger partial charge in [-0.1, -0.05) is 30.7 Å². The van der Waals surface area contributed by atoms with E-state index < -0.39 is 6.17 Å². The van der Waals surface area contributed by atoms with Gasteiger partial charge in [0.05, 0.1) is 0 Å². The van der Waals surface area contributed by atoms with Crippen molar-refractivity contribution in [3.63, 3.8) is 0 Å². The first-order valence-corrected chi connectivity index (χ1v) is 10.2. The average molecular weight is 364 g/mol. The number of nitrogens with one attached hydrogen (secondary N) is 1. The summed E-state index contributed by atoms with van der Waals surface area (Å²) in [6.45, 7) is 11.2. The number of likely N-dealkylation sites (tertiary alicyclic amines) is 1. The second kappa shape index (κ2) is 8.11. The van der Waals surface area contributed by atoms with E-state index >= 15 is 0 Å². The van der Waals surface area contributed by atoms with Crippen molar-refractivity contribution in [3.8, 4) is 0 Å². The maximum absolute atomic E-state index is 13.3. The van der Waals surface area contributed by atoms with Gasteiger partial charge in [0.15, 0.2) is 0 Å². The fourth-order valence-corrected chi connectivity index (χ4v) is 4.34. The highest BCUT2D eigenvalue weighted by Gasteiger charge is 2.34. The van der Waals surface area contributed by atoms with Crippen LogP contribution in [-0.2, 0) is 12.8 Å². The van der Waals surface area contributed by atoms with E-state index in [4.69, 9.17) is 5.14 Å². The molecule has 1 aromatic rings. The second-order valence-corrected chi connectivity index (χ2v) is 8.26. The van der Waals surface area contributed by atoms with E-state index in [2.05, 4.69) is 42.8 Å². The number of nitrogens with zero attached hydrogens (tertiary/aromatic N) is 1. The quantitative estimate of drug-likeness (QED) is 0.730. The largest absolute Gasteiger partial charge is 0.373 e. The smallest absolute Gasteiger partial charge is 0.114 e. The van der Waals surface area contributed by atoms with Crippen LogP contribution in [0.5, 0.6) is 0 Å². The fraction of sp³-hybridized carbons (Fsp3) is 0.600. The van der Waals surface area contributed by atoms with E-state index in [1.807, 2.05) is 0 Å². The lowest BCUT2D eigenvalue weighted by atomic mass is 9.87. The molecule has 2 unspecified atom stereocenters. The van der Waals surface area contributed by atoms with Crippen LogP contribution in [0.4, 0.5) is 4.39 Å². The Hall–Kier alpha value is -1.04. The summed E-state index contributed by atoms with van der Waals surface area (Å²) in [5, 5.41) is 8.79. The number of hydrogen-bond donors (Lipinski definition) is 2. The molecule has 0 aromatic heterocycles. The third-order valence-corrected chi connectivity index (χ3v) is 6.29. The number of aryl methyl sites for hydroxylation is 1. The molecule has 0 radical (unpaired) electrons. The van der Waals surface area contributed by atoms with E-state index in [1.54, 1.807) is 0 Å². The molecular formula is C20H30FN3S. The molecule has 0 bridgehead atoms. The van der Waals surface area contributed by atoms with E-state index in [-0.39, 0.29) is 6.04 Å². The van der Waals surface area contributed by atoms with Gasteiger partial charge in [-0.2, -0.15) is 0 Å². The molecular weight excluding hydrogens is 333 g/mol. The van der Waals surface area contributed by atoms with Crippen LogP contribution in [0.3, 0.4) is 0 Å². The Morgan fingerprint density at radius 3 is 2.64 bits per heavy atom. The van der Waals surface area contributed by atoms with Gasteiger partial charge in [-0.05, 0) is 54.9 Å². The van der Waals surface area contributed by atoms with Crippen LogP contribution in [0, 0.1) is 19.8 Å². The highest BCUT2D eigenvalue weighted by Crippen LogP contribution is 2.30. The number of halogens is 1. The molecule has 0 saturated carbocycles. The third-order valence-electron chi connectivity index (χ3n) is 5.85. The van der Waals surface area contributed by atoms with Gasteiger partial charge in [-0.25, -0.2) is 4.39 Å².